The van der Waals surface area contributed by atoms with E-state index in [1.54, 1.807) is 18.5 Å². The number of hydrogen-bond acceptors (Lipinski definition) is 6. The lowest BCUT2D eigenvalue weighted by molar-refractivity contribution is 0.102. The first kappa shape index (κ1) is 17.7. The summed E-state index contributed by atoms with van der Waals surface area (Å²) in [5.41, 5.74) is 2.79. The monoisotopic (exact) mass is 439 g/mol. The van der Waals surface area contributed by atoms with Gasteiger partial charge in [0.25, 0.3) is 5.91 Å². The van der Waals surface area contributed by atoms with Gasteiger partial charge in [-0.2, -0.15) is 0 Å². The van der Waals surface area contributed by atoms with Gasteiger partial charge in [0.15, 0.2) is 0 Å². The number of aryl methyl sites for hydroxylation is 1. The van der Waals surface area contributed by atoms with Crippen LogP contribution in [0.2, 0.25) is 0 Å². The third-order valence-electron chi connectivity index (χ3n) is 3.96. The highest BCUT2D eigenvalue weighted by Gasteiger charge is 2.16. The SMILES string of the molecule is CCc1nnc(NC(=O)c2cc(-c3cccnc3)nc3ccc(Br)cc23)s1. The van der Waals surface area contributed by atoms with Crippen LogP contribution in [-0.2, 0) is 6.42 Å². The number of halogens is 1. The molecule has 0 aliphatic heterocycles. The number of aromatic nitrogens is 4. The van der Waals surface area contributed by atoms with E-state index in [1.807, 2.05) is 37.3 Å². The second-order valence-electron chi connectivity index (χ2n) is 5.77. The molecule has 1 aromatic carbocycles. The van der Waals surface area contributed by atoms with Gasteiger partial charge in [0, 0.05) is 27.8 Å². The summed E-state index contributed by atoms with van der Waals surface area (Å²) in [5.74, 6) is -0.246. The van der Waals surface area contributed by atoms with Gasteiger partial charge in [-0.15, -0.1) is 10.2 Å². The highest BCUT2D eigenvalue weighted by atomic mass is 79.9. The molecule has 0 unspecified atom stereocenters. The number of hydrogen-bond donors (Lipinski definition) is 1. The first-order valence-electron chi connectivity index (χ1n) is 8.28. The number of amides is 1. The Morgan fingerprint density at radius 2 is 2.11 bits per heavy atom. The molecule has 4 rings (SSSR count). The molecule has 6 nitrogen and oxygen atoms in total. The molecule has 0 aliphatic carbocycles. The van der Waals surface area contributed by atoms with Gasteiger partial charge in [0.1, 0.15) is 5.01 Å². The molecule has 4 aromatic rings. The Hall–Kier alpha value is -2.71. The molecular formula is C19H14BrN5OS. The number of fused-ring (bicyclic) bond motifs is 1. The zero-order chi connectivity index (χ0) is 18.8. The minimum Gasteiger partial charge on any atom is -0.296 e. The molecular weight excluding hydrogens is 426 g/mol. The van der Waals surface area contributed by atoms with Crippen molar-refractivity contribution in [3.8, 4) is 11.3 Å². The molecule has 3 aromatic heterocycles. The van der Waals surface area contributed by atoms with Crippen LogP contribution in [0.4, 0.5) is 5.13 Å². The van der Waals surface area contributed by atoms with Crippen molar-refractivity contribution in [3.05, 3.63) is 63.8 Å². The smallest absolute Gasteiger partial charge is 0.258 e. The number of pyridine rings is 2. The standard InChI is InChI=1S/C19H14BrN5OS/c1-2-17-24-25-19(27-17)23-18(26)14-9-16(11-4-3-7-21-10-11)22-15-6-5-12(20)8-13(14)15/h3-10H,2H2,1H3,(H,23,25,26). The molecule has 0 fully saturated rings. The van der Waals surface area contributed by atoms with Crippen LogP contribution >= 0.6 is 27.3 Å². The van der Waals surface area contributed by atoms with Crippen LogP contribution in [0.5, 0.6) is 0 Å². The summed E-state index contributed by atoms with van der Waals surface area (Å²) in [6, 6.07) is 11.2. The van der Waals surface area contributed by atoms with E-state index in [-0.39, 0.29) is 5.91 Å². The number of nitrogens with zero attached hydrogens (tertiary/aromatic N) is 4. The number of nitrogens with one attached hydrogen (secondary N) is 1. The highest BCUT2D eigenvalue weighted by molar-refractivity contribution is 9.10. The quantitative estimate of drug-likeness (QED) is 0.497. The average molecular weight is 440 g/mol. The van der Waals surface area contributed by atoms with Crippen molar-refractivity contribution in [1.82, 2.24) is 20.2 Å². The number of carbonyl (C=O) groups is 1. The molecule has 8 heteroatoms. The van der Waals surface area contributed by atoms with Crippen molar-refractivity contribution in [2.24, 2.45) is 0 Å². The van der Waals surface area contributed by atoms with Crippen molar-refractivity contribution in [3.63, 3.8) is 0 Å². The van der Waals surface area contributed by atoms with Gasteiger partial charge in [-0.05, 0) is 42.8 Å². The number of benzene rings is 1. The summed E-state index contributed by atoms with van der Waals surface area (Å²) in [6.45, 7) is 2.00. The maximum Gasteiger partial charge on any atom is 0.258 e. The fourth-order valence-corrected chi connectivity index (χ4v) is 3.70. The van der Waals surface area contributed by atoms with Crippen LogP contribution in [0, 0.1) is 0 Å². The van der Waals surface area contributed by atoms with E-state index in [1.165, 1.54) is 11.3 Å². The maximum atomic E-state index is 13.0. The van der Waals surface area contributed by atoms with Gasteiger partial charge in [0.05, 0.1) is 16.8 Å². The van der Waals surface area contributed by atoms with Crippen LogP contribution in [0.15, 0.2) is 53.3 Å². The fourth-order valence-electron chi connectivity index (χ4n) is 2.66. The van der Waals surface area contributed by atoms with Gasteiger partial charge in [-0.25, -0.2) is 4.98 Å². The van der Waals surface area contributed by atoms with Crippen LogP contribution in [0.1, 0.15) is 22.3 Å². The third kappa shape index (κ3) is 3.72. The van der Waals surface area contributed by atoms with Crippen LogP contribution in [0.3, 0.4) is 0 Å². The molecule has 1 amide bonds. The summed E-state index contributed by atoms with van der Waals surface area (Å²) < 4.78 is 0.879. The van der Waals surface area contributed by atoms with E-state index < -0.39 is 0 Å². The van der Waals surface area contributed by atoms with Crippen LogP contribution < -0.4 is 5.32 Å². The molecule has 3 heterocycles. The van der Waals surface area contributed by atoms with Gasteiger partial charge in [0.2, 0.25) is 5.13 Å². The highest BCUT2D eigenvalue weighted by Crippen LogP contribution is 2.28. The molecule has 1 N–H and O–H groups in total. The first-order valence-corrected chi connectivity index (χ1v) is 9.89. The van der Waals surface area contributed by atoms with Gasteiger partial charge in [-0.3, -0.25) is 15.1 Å². The lowest BCUT2D eigenvalue weighted by Gasteiger charge is -2.10. The average Bonchev–Trinajstić information content (AvgIpc) is 3.15. The largest absolute Gasteiger partial charge is 0.296 e. The summed E-state index contributed by atoms with van der Waals surface area (Å²) in [7, 11) is 0. The van der Waals surface area contributed by atoms with Crippen molar-refractivity contribution in [2.75, 3.05) is 5.32 Å². The molecule has 0 bridgehead atoms. The van der Waals surface area contributed by atoms with Gasteiger partial charge in [-0.1, -0.05) is 34.2 Å². The van der Waals surface area contributed by atoms with E-state index in [0.29, 0.717) is 16.4 Å². The van der Waals surface area contributed by atoms with Crippen molar-refractivity contribution >= 4 is 49.2 Å². The zero-order valence-corrected chi connectivity index (χ0v) is 16.7. The molecule has 27 heavy (non-hydrogen) atoms. The maximum absolute atomic E-state index is 13.0. The van der Waals surface area contributed by atoms with Crippen molar-refractivity contribution in [2.45, 2.75) is 13.3 Å². The zero-order valence-electron chi connectivity index (χ0n) is 14.3. The Morgan fingerprint density at radius 3 is 2.85 bits per heavy atom. The Labute approximate surface area is 167 Å². The van der Waals surface area contributed by atoms with E-state index in [4.69, 9.17) is 0 Å². The van der Waals surface area contributed by atoms with Gasteiger partial charge < -0.3 is 0 Å². The predicted octanol–water partition coefficient (Wildman–Crippen LogP) is 4.73. The van der Waals surface area contributed by atoms with Crippen LogP contribution in [-0.4, -0.2) is 26.1 Å². The lowest BCUT2D eigenvalue weighted by Crippen LogP contribution is -2.13. The summed E-state index contributed by atoms with van der Waals surface area (Å²) in [6.07, 6.45) is 4.22. The molecule has 0 spiro atoms. The minimum absolute atomic E-state index is 0.246. The Bertz CT molecular complexity index is 1130. The summed E-state index contributed by atoms with van der Waals surface area (Å²) in [4.78, 5) is 21.8. The van der Waals surface area contributed by atoms with Crippen molar-refractivity contribution in [1.29, 1.82) is 0 Å². The second-order valence-corrected chi connectivity index (χ2v) is 7.74. The van der Waals surface area contributed by atoms with Crippen LogP contribution in [0.25, 0.3) is 22.2 Å². The molecule has 0 radical (unpaired) electrons. The molecule has 0 atom stereocenters. The molecule has 134 valence electrons. The molecule has 0 aliphatic rings. The Morgan fingerprint density at radius 1 is 1.22 bits per heavy atom. The van der Waals surface area contributed by atoms with E-state index >= 15 is 0 Å². The van der Waals surface area contributed by atoms with Gasteiger partial charge >= 0.3 is 0 Å². The van der Waals surface area contributed by atoms with Crippen molar-refractivity contribution < 1.29 is 4.79 Å². The van der Waals surface area contributed by atoms with E-state index in [2.05, 4.69) is 41.4 Å². The minimum atomic E-state index is -0.246. The number of carbonyl (C=O) groups excluding carboxylic acids is 1. The topological polar surface area (TPSA) is 80.7 Å². The van der Waals surface area contributed by atoms with E-state index in [0.717, 1.165) is 32.4 Å². The molecule has 0 saturated heterocycles. The number of rotatable bonds is 4. The fraction of sp³-hybridized carbons (Fsp3) is 0.105. The second kappa shape index (κ2) is 7.50. The first-order chi connectivity index (χ1) is 13.1. The van der Waals surface area contributed by atoms with E-state index in [9.17, 15) is 4.79 Å². The predicted molar refractivity (Wildman–Crippen MR) is 110 cm³/mol. The Kier molecular flexibility index (Phi) is 4.91. The summed E-state index contributed by atoms with van der Waals surface area (Å²) in [5, 5.41) is 13.1. The summed E-state index contributed by atoms with van der Waals surface area (Å²) >= 11 is 4.84. The Balaban J connectivity index is 1.81. The lowest BCUT2D eigenvalue weighted by atomic mass is 10.0. The molecule has 0 saturated carbocycles. The number of anilines is 1. The third-order valence-corrected chi connectivity index (χ3v) is 5.44. The normalized spacial score (nSPS) is 10.9.